The highest BCUT2D eigenvalue weighted by Crippen LogP contribution is 2.33. The van der Waals surface area contributed by atoms with Gasteiger partial charge in [-0.1, -0.05) is 6.92 Å². The molecule has 0 aliphatic heterocycles. The zero-order valence-corrected chi connectivity index (χ0v) is 17.0. The molecule has 1 saturated carbocycles. The van der Waals surface area contributed by atoms with Gasteiger partial charge in [0.15, 0.2) is 0 Å². The summed E-state index contributed by atoms with van der Waals surface area (Å²) in [5, 5.41) is 1.03. The van der Waals surface area contributed by atoms with Crippen molar-refractivity contribution < 1.29 is 8.42 Å². The van der Waals surface area contributed by atoms with E-state index in [4.69, 9.17) is 0 Å². The third kappa shape index (κ3) is 3.71. The topological polar surface area (TPSA) is 80.1 Å². The van der Waals surface area contributed by atoms with Crippen LogP contribution in [0.1, 0.15) is 47.0 Å². The predicted molar refractivity (Wildman–Crippen MR) is 105 cm³/mol. The Bertz CT molecular complexity index is 879. The molecule has 1 fully saturated rings. The third-order valence-corrected chi connectivity index (χ3v) is 6.64. The van der Waals surface area contributed by atoms with Gasteiger partial charge in [0, 0.05) is 30.9 Å². The Labute approximate surface area is 155 Å². The molecule has 7 nitrogen and oxygen atoms in total. The second-order valence-corrected chi connectivity index (χ2v) is 10.0. The summed E-state index contributed by atoms with van der Waals surface area (Å²) in [6.45, 7) is 8.32. The molecule has 144 valence electrons. The molecule has 1 aliphatic rings. The molecule has 3 rings (SSSR count). The molecule has 0 spiro atoms. The molecule has 0 aromatic carbocycles. The molecule has 8 heteroatoms. The maximum atomic E-state index is 11.9. The van der Waals surface area contributed by atoms with Crippen molar-refractivity contribution in [3.05, 3.63) is 18.6 Å². The Kier molecular flexibility index (Phi) is 5.00. The first-order chi connectivity index (χ1) is 12.1. The Hall–Kier alpha value is -1.67. The van der Waals surface area contributed by atoms with E-state index in [1.54, 1.807) is 6.33 Å². The smallest absolute Gasteiger partial charge is 0.211 e. The van der Waals surface area contributed by atoms with Crippen LogP contribution in [0.4, 0.5) is 5.82 Å². The minimum absolute atomic E-state index is 0.0236. The van der Waals surface area contributed by atoms with Crippen molar-refractivity contribution in [2.75, 3.05) is 17.7 Å². The molecule has 26 heavy (non-hydrogen) atoms. The third-order valence-electron chi connectivity index (χ3n) is 5.00. The molecular weight excluding hydrogens is 350 g/mol. The van der Waals surface area contributed by atoms with Gasteiger partial charge in [0.2, 0.25) is 10.0 Å². The lowest BCUT2D eigenvalue weighted by Gasteiger charge is -2.41. The van der Waals surface area contributed by atoms with Gasteiger partial charge in [0.1, 0.15) is 17.8 Å². The molecule has 1 aliphatic carbocycles. The second-order valence-electron chi connectivity index (χ2n) is 8.16. The first-order valence-electron chi connectivity index (χ1n) is 9.17. The molecule has 0 amide bonds. The Morgan fingerprint density at radius 1 is 1.31 bits per heavy atom. The number of nitrogens with zero attached hydrogens (tertiary/aromatic N) is 4. The molecule has 0 unspecified atom stereocenters. The zero-order chi connectivity index (χ0) is 19.1. The van der Waals surface area contributed by atoms with E-state index in [2.05, 4.69) is 57.2 Å². The van der Waals surface area contributed by atoms with Gasteiger partial charge in [0.05, 0.1) is 11.1 Å². The van der Waals surface area contributed by atoms with Crippen LogP contribution in [0.25, 0.3) is 11.0 Å². The zero-order valence-electron chi connectivity index (χ0n) is 16.2. The Morgan fingerprint density at radius 2 is 2.00 bits per heavy atom. The minimum atomic E-state index is -3.15. The van der Waals surface area contributed by atoms with Gasteiger partial charge in [0.25, 0.3) is 0 Å². The summed E-state index contributed by atoms with van der Waals surface area (Å²) in [6, 6.07) is 2.36. The lowest BCUT2D eigenvalue weighted by atomic mass is 9.86. The predicted octanol–water partition coefficient (Wildman–Crippen LogP) is 2.48. The number of hydrogen-bond donors (Lipinski definition) is 1. The molecule has 2 aromatic rings. The van der Waals surface area contributed by atoms with Crippen LogP contribution in [0.5, 0.6) is 0 Å². The van der Waals surface area contributed by atoms with Crippen LogP contribution in [0.2, 0.25) is 0 Å². The summed E-state index contributed by atoms with van der Waals surface area (Å²) >= 11 is 0. The quantitative estimate of drug-likeness (QED) is 0.834. The van der Waals surface area contributed by atoms with Gasteiger partial charge in [-0.25, -0.2) is 23.1 Å². The van der Waals surface area contributed by atoms with E-state index in [1.807, 2.05) is 14.0 Å². The summed E-state index contributed by atoms with van der Waals surface area (Å²) in [5.74, 6) is 1.09. The van der Waals surface area contributed by atoms with E-state index >= 15 is 0 Å². The largest absolute Gasteiger partial charge is 0.356 e. The normalized spacial score (nSPS) is 21.0. The van der Waals surface area contributed by atoms with Crippen LogP contribution in [0.15, 0.2) is 18.6 Å². The van der Waals surface area contributed by atoms with Gasteiger partial charge in [-0.2, -0.15) is 0 Å². The highest BCUT2D eigenvalue weighted by atomic mass is 32.2. The number of rotatable bonds is 6. The fourth-order valence-electron chi connectivity index (χ4n) is 3.52. The molecule has 2 heterocycles. The van der Waals surface area contributed by atoms with Crippen molar-refractivity contribution in [1.82, 2.24) is 19.3 Å². The summed E-state index contributed by atoms with van der Waals surface area (Å²) in [7, 11) is -1.13. The molecule has 1 N–H and O–H groups in total. The van der Waals surface area contributed by atoms with E-state index in [0.29, 0.717) is 6.42 Å². The van der Waals surface area contributed by atoms with Crippen LogP contribution in [-0.2, 0) is 15.6 Å². The summed E-state index contributed by atoms with van der Waals surface area (Å²) in [6.07, 6.45) is 5.89. The number of aromatic nitrogens is 3. The number of sulfonamides is 1. The van der Waals surface area contributed by atoms with Gasteiger partial charge in [-0.05, 0) is 46.1 Å². The molecular formula is C18H29N5O2S. The number of hydrogen-bond acceptors (Lipinski definition) is 5. The van der Waals surface area contributed by atoms with Gasteiger partial charge >= 0.3 is 0 Å². The summed E-state index contributed by atoms with van der Waals surface area (Å²) in [4.78, 5) is 11.1. The minimum Gasteiger partial charge on any atom is -0.356 e. The van der Waals surface area contributed by atoms with Crippen molar-refractivity contribution in [1.29, 1.82) is 0 Å². The Morgan fingerprint density at radius 3 is 2.62 bits per heavy atom. The van der Waals surface area contributed by atoms with Crippen molar-refractivity contribution in [2.24, 2.45) is 0 Å². The van der Waals surface area contributed by atoms with E-state index < -0.39 is 10.0 Å². The van der Waals surface area contributed by atoms with E-state index in [-0.39, 0.29) is 23.4 Å². The van der Waals surface area contributed by atoms with Crippen molar-refractivity contribution in [2.45, 2.75) is 64.6 Å². The van der Waals surface area contributed by atoms with Gasteiger partial charge < -0.3 is 9.47 Å². The average Bonchev–Trinajstić information content (AvgIpc) is 2.93. The van der Waals surface area contributed by atoms with Crippen molar-refractivity contribution in [3.8, 4) is 0 Å². The van der Waals surface area contributed by atoms with Gasteiger partial charge in [-0.15, -0.1) is 0 Å². The lowest BCUT2D eigenvalue weighted by molar-refractivity contribution is 0.316. The highest BCUT2D eigenvalue weighted by molar-refractivity contribution is 7.89. The fourth-order valence-corrected chi connectivity index (χ4v) is 4.87. The van der Waals surface area contributed by atoms with E-state index in [0.717, 1.165) is 29.7 Å². The molecule has 0 bridgehead atoms. The Balaban J connectivity index is 1.74. The summed E-state index contributed by atoms with van der Waals surface area (Å²) < 4.78 is 28.8. The van der Waals surface area contributed by atoms with Gasteiger partial charge in [-0.3, -0.25) is 0 Å². The standard InChI is InChI=1S/C18H29N5O2S/c1-6-9-26(24,25)21-13-10-14(11-13)22(5)16-15-7-8-23(18(2,3)4)17(15)20-12-19-16/h7-8,12-14,21H,6,9-11H2,1-5H3. The van der Waals surface area contributed by atoms with E-state index in [9.17, 15) is 8.42 Å². The van der Waals surface area contributed by atoms with Crippen LogP contribution >= 0.6 is 0 Å². The maximum absolute atomic E-state index is 11.9. The molecule has 0 atom stereocenters. The van der Waals surface area contributed by atoms with Crippen LogP contribution in [0, 0.1) is 0 Å². The number of nitrogens with one attached hydrogen (secondary N) is 1. The van der Waals surface area contributed by atoms with Crippen molar-refractivity contribution in [3.63, 3.8) is 0 Å². The highest BCUT2D eigenvalue weighted by Gasteiger charge is 2.35. The molecule has 0 radical (unpaired) electrons. The first-order valence-corrected chi connectivity index (χ1v) is 10.8. The summed E-state index contributed by atoms with van der Waals surface area (Å²) in [5.41, 5.74) is 0.874. The fraction of sp³-hybridized carbons (Fsp3) is 0.667. The van der Waals surface area contributed by atoms with Crippen LogP contribution in [-0.4, -0.2) is 47.8 Å². The van der Waals surface area contributed by atoms with Crippen molar-refractivity contribution >= 4 is 26.9 Å². The molecule has 2 aromatic heterocycles. The maximum Gasteiger partial charge on any atom is 0.211 e. The monoisotopic (exact) mass is 379 g/mol. The molecule has 0 saturated heterocycles. The second kappa shape index (κ2) is 6.81. The average molecular weight is 380 g/mol. The number of fused-ring (bicyclic) bond motifs is 1. The lowest BCUT2D eigenvalue weighted by Crippen LogP contribution is -2.53. The van der Waals surface area contributed by atoms with Crippen LogP contribution in [0.3, 0.4) is 0 Å². The van der Waals surface area contributed by atoms with Crippen LogP contribution < -0.4 is 9.62 Å². The SMILES string of the molecule is CCCS(=O)(=O)NC1CC(N(C)c2ncnc3c2ccn3C(C)(C)C)C1. The van der Waals surface area contributed by atoms with E-state index in [1.165, 1.54) is 0 Å². The number of anilines is 1. The first kappa shape index (κ1) is 19.1.